The molecule has 1 nitrogen and oxygen atoms in total. The van der Waals surface area contributed by atoms with E-state index in [1.807, 2.05) is 11.3 Å². The van der Waals surface area contributed by atoms with E-state index >= 15 is 0 Å². The summed E-state index contributed by atoms with van der Waals surface area (Å²) in [5.41, 5.74) is 3.00. The third-order valence-electron chi connectivity index (χ3n) is 3.45. The van der Waals surface area contributed by atoms with Crippen LogP contribution in [0, 0.1) is 6.92 Å². The summed E-state index contributed by atoms with van der Waals surface area (Å²) < 4.78 is 0. The van der Waals surface area contributed by atoms with Gasteiger partial charge in [0, 0.05) is 28.8 Å². The number of fused-ring (bicyclic) bond motifs is 1. The highest BCUT2D eigenvalue weighted by Gasteiger charge is 2.26. The van der Waals surface area contributed by atoms with Gasteiger partial charge in [0.1, 0.15) is 0 Å². The Kier molecular flexibility index (Phi) is 2.77. The standard InChI is InChI=1S/C15H17NS/c1-11-8-13-14(12-6-4-3-5-7-12)9-16(2)10-15(13)17-11/h3-8,14H,9-10H2,1-2H3/t14-/m0/s1. The van der Waals surface area contributed by atoms with E-state index in [2.05, 4.69) is 55.3 Å². The topological polar surface area (TPSA) is 3.24 Å². The molecule has 0 saturated heterocycles. The van der Waals surface area contributed by atoms with E-state index < -0.39 is 0 Å². The molecule has 0 spiro atoms. The quantitative estimate of drug-likeness (QED) is 0.739. The molecule has 0 N–H and O–H groups in total. The SMILES string of the molecule is Cc1cc2c(s1)CN(C)C[C@H]2c1ccccc1. The van der Waals surface area contributed by atoms with Crippen LogP contribution in [0.15, 0.2) is 36.4 Å². The molecular weight excluding hydrogens is 226 g/mol. The molecule has 2 heterocycles. The van der Waals surface area contributed by atoms with Crippen LogP contribution in [0.5, 0.6) is 0 Å². The predicted octanol–water partition coefficient (Wildman–Crippen LogP) is 3.63. The van der Waals surface area contributed by atoms with Gasteiger partial charge in [-0.1, -0.05) is 30.3 Å². The summed E-state index contributed by atoms with van der Waals surface area (Å²) in [5, 5.41) is 0. The monoisotopic (exact) mass is 243 g/mol. The van der Waals surface area contributed by atoms with Crippen LogP contribution in [0.25, 0.3) is 0 Å². The highest BCUT2D eigenvalue weighted by molar-refractivity contribution is 7.12. The number of rotatable bonds is 1. The average Bonchev–Trinajstić information content (AvgIpc) is 2.69. The van der Waals surface area contributed by atoms with Crippen LogP contribution in [0.3, 0.4) is 0 Å². The molecule has 1 atom stereocenters. The Bertz CT molecular complexity index is 515. The fraction of sp³-hybridized carbons (Fsp3) is 0.333. The van der Waals surface area contributed by atoms with Gasteiger partial charge in [-0.05, 0) is 31.2 Å². The molecule has 0 fully saturated rings. The van der Waals surface area contributed by atoms with Crippen molar-refractivity contribution in [2.75, 3.05) is 13.6 Å². The minimum absolute atomic E-state index is 0.551. The Morgan fingerprint density at radius 2 is 2.00 bits per heavy atom. The first kappa shape index (κ1) is 11.0. The summed E-state index contributed by atoms with van der Waals surface area (Å²) >= 11 is 1.95. The molecule has 1 aliphatic heterocycles. The maximum Gasteiger partial charge on any atom is 0.0328 e. The molecule has 1 aliphatic rings. The number of aryl methyl sites for hydroxylation is 1. The first-order valence-corrected chi connectivity index (χ1v) is 6.88. The van der Waals surface area contributed by atoms with Gasteiger partial charge in [-0.15, -0.1) is 11.3 Å². The molecule has 2 aromatic rings. The van der Waals surface area contributed by atoms with Gasteiger partial charge in [0.15, 0.2) is 0 Å². The molecule has 0 amide bonds. The average molecular weight is 243 g/mol. The molecule has 1 aromatic carbocycles. The van der Waals surface area contributed by atoms with Crippen molar-refractivity contribution in [2.24, 2.45) is 0 Å². The Morgan fingerprint density at radius 3 is 2.76 bits per heavy atom. The fourth-order valence-corrected chi connectivity index (χ4v) is 3.87. The zero-order valence-corrected chi connectivity index (χ0v) is 11.1. The minimum atomic E-state index is 0.551. The normalized spacial score (nSPS) is 20.2. The van der Waals surface area contributed by atoms with E-state index in [9.17, 15) is 0 Å². The fourth-order valence-electron chi connectivity index (χ4n) is 2.69. The van der Waals surface area contributed by atoms with Gasteiger partial charge < -0.3 is 4.90 Å². The van der Waals surface area contributed by atoms with Gasteiger partial charge >= 0.3 is 0 Å². The summed E-state index contributed by atoms with van der Waals surface area (Å²) in [6, 6.07) is 13.3. The van der Waals surface area contributed by atoms with Crippen molar-refractivity contribution in [3.05, 3.63) is 57.3 Å². The maximum absolute atomic E-state index is 2.43. The Morgan fingerprint density at radius 1 is 1.24 bits per heavy atom. The van der Waals surface area contributed by atoms with E-state index in [0.29, 0.717) is 5.92 Å². The predicted molar refractivity (Wildman–Crippen MR) is 73.7 cm³/mol. The lowest BCUT2D eigenvalue weighted by Gasteiger charge is -2.30. The molecule has 3 rings (SSSR count). The van der Waals surface area contributed by atoms with Gasteiger partial charge in [0.05, 0.1) is 0 Å². The molecule has 0 aliphatic carbocycles. The number of hydrogen-bond donors (Lipinski definition) is 0. The van der Waals surface area contributed by atoms with Crippen LogP contribution in [0.4, 0.5) is 0 Å². The number of thiophene rings is 1. The molecular formula is C15H17NS. The smallest absolute Gasteiger partial charge is 0.0328 e. The second-order valence-corrected chi connectivity index (χ2v) is 6.24. The summed E-state index contributed by atoms with van der Waals surface area (Å²) in [6.07, 6.45) is 0. The molecule has 0 saturated carbocycles. The van der Waals surface area contributed by atoms with Crippen molar-refractivity contribution < 1.29 is 0 Å². The molecule has 17 heavy (non-hydrogen) atoms. The summed E-state index contributed by atoms with van der Waals surface area (Å²) in [6.45, 7) is 4.45. The van der Waals surface area contributed by atoms with Crippen LogP contribution >= 0.6 is 11.3 Å². The first-order valence-electron chi connectivity index (χ1n) is 6.07. The Hall–Kier alpha value is -1.12. The molecule has 0 unspecified atom stereocenters. The Balaban J connectivity index is 2.06. The van der Waals surface area contributed by atoms with Gasteiger partial charge in [-0.2, -0.15) is 0 Å². The minimum Gasteiger partial charge on any atom is -0.300 e. The van der Waals surface area contributed by atoms with Crippen LogP contribution in [-0.4, -0.2) is 18.5 Å². The van der Waals surface area contributed by atoms with Crippen molar-refractivity contribution in [3.63, 3.8) is 0 Å². The lowest BCUT2D eigenvalue weighted by molar-refractivity contribution is 0.299. The van der Waals surface area contributed by atoms with Crippen LogP contribution < -0.4 is 0 Å². The molecule has 0 bridgehead atoms. The van der Waals surface area contributed by atoms with Crippen molar-refractivity contribution in [1.82, 2.24) is 4.90 Å². The van der Waals surface area contributed by atoms with Crippen LogP contribution in [0.1, 0.15) is 26.8 Å². The van der Waals surface area contributed by atoms with Crippen molar-refractivity contribution >= 4 is 11.3 Å². The zero-order chi connectivity index (χ0) is 11.8. The highest BCUT2D eigenvalue weighted by atomic mass is 32.1. The van der Waals surface area contributed by atoms with E-state index in [1.165, 1.54) is 10.4 Å². The maximum atomic E-state index is 2.43. The van der Waals surface area contributed by atoms with Crippen LogP contribution in [0.2, 0.25) is 0 Å². The van der Waals surface area contributed by atoms with E-state index in [1.54, 1.807) is 10.4 Å². The number of hydrogen-bond acceptors (Lipinski definition) is 2. The Labute approximate surface area is 107 Å². The molecule has 88 valence electrons. The number of likely N-dealkylation sites (N-methyl/N-ethyl adjacent to an activating group) is 1. The molecule has 0 radical (unpaired) electrons. The van der Waals surface area contributed by atoms with E-state index in [0.717, 1.165) is 13.1 Å². The molecule has 2 heteroatoms. The molecule has 1 aromatic heterocycles. The van der Waals surface area contributed by atoms with Crippen molar-refractivity contribution in [1.29, 1.82) is 0 Å². The summed E-state index contributed by atoms with van der Waals surface area (Å²) in [7, 11) is 2.22. The second-order valence-electron chi connectivity index (χ2n) is 4.90. The van der Waals surface area contributed by atoms with E-state index in [4.69, 9.17) is 0 Å². The van der Waals surface area contributed by atoms with Gasteiger partial charge in [0.2, 0.25) is 0 Å². The lowest BCUT2D eigenvalue weighted by atomic mass is 9.88. The first-order chi connectivity index (χ1) is 8.24. The third-order valence-corrected chi connectivity index (χ3v) is 4.50. The third kappa shape index (κ3) is 2.03. The lowest BCUT2D eigenvalue weighted by Crippen LogP contribution is -2.29. The van der Waals surface area contributed by atoms with Gasteiger partial charge in [0.25, 0.3) is 0 Å². The van der Waals surface area contributed by atoms with E-state index in [-0.39, 0.29) is 0 Å². The van der Waals surface area contributed by atoms with Gasteiger partial charge in [-0.3, -0.25) is 0 Å². The van der Waals surface area contributed by atoms with Crippen molar-refractivity contribution in [2.45, 2.75) is 19.4 Å². The number of nitrogens with zero attached hydrogens (tertiary/aromatic N) is 1. The van der Waals surface area contributed by atoms with Crippen LogP contribution in [-0.2, 0) is 6.54 Å². The second kappa shape index (κ2) is 4.28. The zero-order valence-electron chi connectivity index (χ0n) is 10.3. The number of benzene rings is 1. The highest BCUT2D eigenvalue weighted by Crippen LogP contribution is 2.37. The summed E-state index contributed by atoms with van der Waals surface area (Å²) in [5.74, 6) is 0.551. The summed E-state index contributed by atoms with van der Waals surface area (Å²) in [4.78, 5) is 5.41. The van der Waals surface area contributed by atoms with Crippen molar-refractivity contribution in [3.8, 4) is 0 Å². The largest absolute Gasteiger partial charge is 0.300 e. The van der Waals surface area contributed by atoms with Gasteiger partial charge in [-0.25, -0.2) is 0 Å².